The van der Waals surface area contributed by atoms with Crippen LogP contribution in [0.2, 0.25) is 0 Å². The molecule has 0 aromatic heterocycles. The molecule has 2 rings (SSSR count). The number of ether oxygens (including phenoxy) is 1. The lowest BCUT2D eigenvalue weighted by Crippen LogP contribution is -2.62. The van der Waals surface area contributed by atoms with E-state index in [4.69, 9.17) is 4.74 Å². The van der Waals surface area contributed by atoms with Crippen molar-refractivity contribution in [3.8, 4) is 0 Å². The van der Waals surface area contributed by atoms with Crippen molar-refractivity contribution >= 4 is 12.2 Å². The Morgan fingerprint density at radius 1 is 0.846 bits per heavy atom. The number of carboxylic acid groups (broad SMARTS) is 1. The highest BCUT2D eigenvalue weighted by atomic mass is 16.6. The van der Waals surface area contributed by atoms with E-state index >= 15 is 0 Å². The van der Waals surface area contributed by atoms with Gasteiger partial charge < -0.3 is 40.4 Å². The fourth-order valence-electron chi connectivity index (χ4n) is 4.43. The van der Waals surface area contributed by atoms with Crippen LogP contribution in [0.1, 0.15) is 52.7 Å². The van der Waals surface area contributed by atoms with Gasteiger partial charge in [0.2, 0.25) is 0 Å². The van der Waals surface area contributed by atoms with Crippen molar-refractivity contribution in [1.29, 1.82) is 0 Å². The second kappa shape index (κ2) is 14.3. The maximum atomic E-state index is 12.2. The Bertz CT molecular complexity index is 1020. The predicted octanol–water partition coefficient (Wildman–Crippen LogP) is 2.49. The summed E-state index contributed by atoms with van der Waals surface area (Å²) in [5.74, 6) is 0. The SMILES string of the molecule is CC(C)(C)OC(=O)NC[C@@H](O)[C@@H](Cc1ccccc1)NC[C@@H](O)[C@H](Cc1ccccc1)N(C(=O)[O-])C(C)(C)C. The molecule has 0 aliphatic heterocycles. The van der Waals surface area contributed by atoms with E-state index in [1.54, 1.807) is 41.5 Å². The van der Waals surface area contributed by atoms with E-state index in [0.29, 0.717) is 6.42 Å². The Hall–Kier alpha value is -3.14. The molecule has 0 heterocycles. The quantitative estimate of drug-likeness (QED) is 0.324. The van der Waals surface area contributed by atoms with Gasteiger partial charge in [-0.2, -0.15) is 0 Å². The van der Waals surface area contributed by atoms with Gasteiger partial charge in [-0.1, -0.05) is 60.7 Å². The molecule has 0 radical (unpaired) electrons. The van der Waals surface area contributed by atoms with Crippen molar-refractivity contribution in [3.05, 3.63) is 71.8 Å². The van der Waals surface area contributed by atoms with Crippen molar-refractivity contribution in [2.75, 3.05) is 13.1 Å². The largest absolute Gasteiger partial charge is 0.530 e. The molecule has 0 bridgehead atoms. The van der Waals surface area contributed by atoms with Crippen molar-refractivity contribution in [1.82, 2.24) is 15.5 Å². The van der Waals surface area contributed by atoms with Crippen LogP contribution in [0.3, 0.4) is 0 Å². The first-order chi connectivity index (χ1) is 18.2. The highest BCUT2D eigenvalue weighted by molar-refractivity contribution is 5.67. The van der Waals surface area contributed by atoms with Gasteiger partial charge >= 0.3 is 6.09 Å². The molecular weight excluding hydrogens is 498 g/mol. The van der Waals surface area contributed by atoms with Crippen LogP contribution in [0, 0.1) is 0 Å². The van der Waals surface area contributed by atoms with E-state index in [1.165, 1.54) is 4.90 Å². The van der Waals surface area contributed by atoms with Crippen LogP contribution in [0.15, 0.2) is 60.7 Å². The summed E-state index contributed by atoms with van der Waals surface area (Å²) < 4.78 is 5.26. The minimum Gasteiger partial charge on any atom is -0.530 e. The third kappa shape index (κ3) is 11.2. The molecule has 0 aliphatic carbocycles. The fraction of sp³-hybridized carbons (Fsp3) is 0.533. The minimum atomic E-state index is -1.37. The monoisotopic (exact) mass is 542 g/mol. The van der Waals surface area contributed by atoms with Crippen molar-refractivity contribution in [2.24, 2.45) is 0 Å². The third-order valence-corrected chi connectivity index (χ3v) is 6.19. The maximum Gasteiger partial charge on any atom is 0.407 e. The molecule has 2 amide bonds. The van der Waals surface area contributed by atoms with Crippen LogP contribution in [0.4, 0.5) is 9.59 Å². The standard InChI is InChI=1S/C30H45N3O6/c1-29(2,3)33(28(37)38)24(18-22-15-11-8-12-16-22)26(35)20-31-23(17-21-13-9-7-10-14-21)25(34)19-32-27(36)39-30(4,5)6/h7-16,23-26,31,34-35H,17-20H2,1-6H3,(H,32,36)(H,37,38)/p-1/t23-,24+,25-,26-/m1/s1. The number of amides is 2. The second-order valence-corrected chi connectivity index (χ2v) is 11.8. The number of hydrogen-bond donors (Lipinski definition) is 4. The molecule has 9 nitrogen and oxygen atoms in total. The van der Waals surface area contributed by atoms with Crippen LogP contribution >= 0.6 is 0 Å². The van der Waals surface area contributed by atoms with Gasteiger partial charge in [-0.15, -0.1) is 0 Å². The zero-order valence-electron chi connectivity index (χ0n) is 23.9. The lowest BCUT2D eigenvalue weighted by molar-refractivity contribution is -0.275. The van der Waals surface area contributed by atoms with Crippen LogP contribution in [0.25, 0.3) is 0 Å². The molecule has 0 saturated carbocycles. The fourth-order valence-corrected chi connectivity index (χ4v) is 4.43. The van der Waals surface area contributed by atoms with Gasteiger partial charge in [-0.3, -0.25) is 0 Å². The van der Waals surface area contributed by atoms with Crippen molar-refractivity contribution in [2.45, 2.75) is 89.8 Å². The number of carbonyl (C=O) groups is 2. The smallest absolute Gasteiger partial charge is 0.407 e. The van der Waals surface area contributed by atoms with Crippen LogP contribution in [-0.4, -0.2) is 75.8 Å². The van der Waals surface area contributed by atoms with Crippen molar-refractivity contribution < 1.29 is 29.6 Å². The Kier molecular flexibility index (Phi) is 11.8. The second-order valence-electron chi connectivity index (χ2n) is 11.8. The molecule has 0 saturated heterocycles. The lowest BCUT2D eigenvalue weighted by Gasteiger charge is -2.46. The summed E-state index contributed by atoms with van der Waals surface area (Å²) in [6.45, 7) is 10.5. The number of aliphatic hydroxyl groups is 2. The van der Waals surface area contributed by atoms with E-state index in [1.807, 2.05) is 60.7 Å². The Balaban J connectivity index is 2.21. The number of carbonyl (C=O) groups excluding carboxylic acids is 2. The lowest BCUT2D eigenvalue weighted by atomic mass is 9.94. The summed E-state index contributed by atoms with van der Waals surface area (Å²) in [7, 11) is 0. The van der Waals surface area contributed by atoms with E-state index in [2.05, 4.69) is 10.6 Å². The van der Waals surface area contributed by atoms with E-state index in [9.17, 15) is 24.9 Å². The number of nitrogens with zero attached hydrogens (tertiary/aromatic N) is 1. The van der Waals surface area contributed by atoms with Gasteiger partial charge in [0.05, 0.1) is 18.2 Å². The average Bonchev–Trinajstić information content (AvgIpc) is 2.83. The summed E-state index contributed by atoms with van der Waals surface area (Å²) in [6, 6.07) is 17.5. The minimum absolute atomic E-state index is 0.00163. The Labute approximate surface area is 232 Å². The number of hydrogen-bond acceptors (Lipinski definition) is 7. The summed E-state index contributed by atoms with van der Waals surface area (Å²) >= 11 is 0. The van der Waals surface area contributed by atoms with Gasteiger partial charge in [0.25, 0.3) is 0 Å². The topological polar surface area (TPSA) is 134 Å². The van der Waals surface area contributed by atoms with Crippen LogP contribution in [0.5, 0.6) is 0 Å². The number of rotatable bonds is 12. The predicted molar refractivity (Wildman–Crippen MR) is 149 cm³/mol. The normalized spacial score (nSPS) is 15.1. The molecule has 2 aromatic carbocycles. The summed E-state index contributed by atoms with van der Waals surface area (Å²) in [5.41, 5.74) is 0.332. The zero-order valence-corrected chi connectivity index (χ0v) is 23.9. The van der Waals surface area contributed by atoms with Gasteiger partial charge in [-0.25, -0.2) is 4.79 Å². The maximum absolute atomic E-state index is 12.2. The number of nitrogens with one attached hydrogen (secondary N) is 2. The van der Waals surface area contributed by atoms with Crippen LogP contribution in [-0.2, 0) is 17.6 Å². The molecule has 4 N–H and O–H groups in total. The first kappa shape index (κ1) is 32.1. The molecule has 4 atom stereocenters. The van der Waals surface area contributed by atoms with Gasteiger partial charge in [0.1, 0.15) is 11.7 Å². The Morgan fingerprint density at radius 2 is 1.36 bits per heavy atom. The zero-order chi connectivity index (χ0) is 29.2. The third-order valence-electron chi connectivity index (χ3n) is 6.19. The van der Waals surface area contributed by atoms with Gasteiger partial charge in [0, 0.05) is 24.7 Å². The molecule has 0 spiro atoms. The molecule has 9 heteroatoms. The average molecular weight is 543 g/mol. The molecule has 2 aromatic rings. The highest BCUT2D eigenvalue weighted by Crippen LogP contribution is 2.22. The van der Waals surface area contributed by atoms with Crippen molar-refractivity contribution in [3.63, 3.8) is 0 Å². The number of alkyl carbamates (subject to hydrolysis) is 1. The number of benzene rings is 2. The van der Waals surface area contributed by atoms with Crippen LogP contribution < -0.4 is 15.7 Å². The van der Waals surface area contributed by atoms with E-state index < -0.39 is 47.6 Å². The summed E-state index contributed by atoms with van der Waals surface area (Å²) in [4.78, 5) is 25.5. The first-order valence-corrected chi connectivity index (χ1v) is 13.3. The molecule has 0 aliphatic rings. The van der Waals surface area contributed by atoms with E-state index in [-0.39, 0.29) is 19.5 Å². The highest BCUT2D eigenvalue weighted by Gasteiger charge is 2.34. The van der Waals surface area contributed by atoms with Gasteiger partial charge in [-0.05, 0) is 65.5 Å². The molecular formula is C30H44N3O6-. The molecule has 0 unspecified atom stereocenters. The van der Waals surface area contributed by atoms with Gasteiger partial charge in [0.15, 0.2) is 0 Å². The molecule has 0 fully saturated rings. The summed E-state index contributed by atoms with van der Waals surface area (Å²) in [5, 5.41) is 40.4. The first-order valence-electron chi connectivity index (χ1n) is 13.3. The molecule has 216 valence electrons. The number of aliphatic hydroxyl groups excluding tert-OH is 2. The van der Waals surface area contributed by atoms with E-state index in [0.717, 1.165) is 11.1 Å². The summed E-state index contributed by atoms with van der Waals surface area (Å²) in [6.07, 6.45) is -3.45. The Morgan fingerprint density at radius 3 is 1.82 bits per heavy atom. The molecule has 39 heavy (non-hydrogen) atoms.